The first kappa shape index (κ1) is 15.0. The number of halogens is 1. The molecule has 0 radical (unpaired) electrons. The summed E-state index contributed by atoms with van der Waals surface area (Å²) in [6.45, 7) is 2.27. The average molecular weight is 301 g/mol. The van der Waals surface area contributed by atoms with E-state index >= 15 is 0 Å². The lowest BCUT2D eigenvalue weighted by Gasteiger charge is -2.31. The number of hydrogen-bond donors (Lipinski definition) is 2. The number of ether oxygens (including phenoxy) is 1. The zero-order valence-corrected chi connectivity index (χ0v) is 12.8. The molecule has 0 heterocycles. The molecular formula is C18H20FNO2. The maximum absolute atomic E-state index is 13.5. The normalized spacial score (nSPS) is 23.4. The van der Waals surface area contributed by atoms with E-state index in [0.29, 0.717) is 18.7 Å². The number of hydrogen-bond acceptors (Lipinski definition) is 3. The van der Waals surface area contributed by atoms with Crippen LogP contribution in [-0.4, -0.2) is 24.3 Å². The molecule has 2 aromatic carbocycles. The Balaban J connectivity index is 1.99. The molecule has 0 spiro atoms. The largest absolute Gasteiger partial charge is 0.482 e. The van der Waals surface area contributed by atoms with Gasteiger partial charge in [-0.15, -0.1) is 0 Å². The SMILES string of the molecule is CNC[C@]1(O)Cc2ccccc2[C@@H]1Oc1cc(F)ccc1C. The lowest BCUT2D eigenvalue weighted by atomic mass is 9.97. The molecule has 0 aliphatic heterocycles. The fraction of sp³-hybridized carbons (Fsp3) is 0.333. The minimum atomic E-state index is -1.04. The van der Waals surface area contributed by atoms with E-state index in [1.54, 1.807) is 13.1 Å². The highest BCUT2D eigenvalue weighted by molar-refractivity contribution is 5.41. The van der Waals surface area contributed by atoms with Gasteiger partial charge in [0.2, 0.25) is 0 Å². The summed E-state index contributed by atoms with van der Waals surface area (Å²) in [4.78, 5) is 0. The van der Waals surface area contributed by atoms with E-state index in [9.17, 15) is 9.50 Å². The van der Waals surface area contributed by atoms with Gasteiger partial charge in [0.25, 0.3) is 0 Å². The first-order valence-electron chi connectivity index (χ1n) is 7.41. The van der Waals surface area contributed by atoms with Crippen molar-refractivity contribution in [1.82, 2.24) is 5.32 Å². The van der Waals surface area contributed by atoms with Crippen LogP contribution in [0.2, 0.25) is 0 Å². The van der Waals surface area contributed by atoms with Gasteiger partial charge in [0, 0.05) is 19.0 Å². The second-order valence-electron chi connectivity index (χ2n) is 5.92. The fourth-order valence-electron chi connectivity index (χ4n) is 3.13. The van der Waals surface area contributed by atoms with Crippen LogP contribution in [0.15, 0.2) is 42.5 Å². The van der Waals surface area contributed by atoms with Gasteiger partial charge >= 0.3 is 0 Å². The molecule has 0 fully saturated rings. The highest BCUT2D eigenvalue weighted by atomic mass is 19.1. The number of rotatable bonds is 4. The Hall–Kier alpha value is -1.91. The number of benzene rings is 2. The van der Waals surface area contributed by atoms with Gasteiger partial charge in [-0.3, -0.25) is 0 Å². The summed E-state index contributed by atoms with van der Waals surface area (Å²) in [7, 11) is 1.80. The first-order chi connectivity index (χ1) is 10.5. The van der Waals surface area contributed by atoms with Crippen molar-refractivity contribution < 1.29 is 14.2 Å². The van der Waals surface area contributed by atoms with Crippen molar-refractivity contribution in [2.24, 2.45) is 0 Å². The lowest BCUT2D eigenvalue weighted by Crippen LogP contribution is -2.45. The van der Waals surface area contributed by atoms with Crippen LogP contribution in [0.3, 0.4) is 0 Å². The molecule has 116 valence electrons. The average Bonchev–Trinajstić information content (AvgIpc) is 2.76. The van der Waals surface area contributed by atoms with E-state index in [0.717, 1.165) is 16.7 Å². The van der Waals surface area contributed by atoms with Crippen LogP contribution >= 0.6 is 0 Å². The van der Waals surface area contributed by atoms with Crippen molar-refractivity contribution in [3.05, 3.63) is 65.0 Å². The van der Waals surface area contributed by atoms with Gasteiger partial charge in [0.15, 0.2) is 6.10 Å². The van der Waals surface area contributed by atoms with Crippen molar-refractivity contribution in [2.75, 3.05) is 13.6 Å². The topological polar surface area (TPSA) is 41.5 Å². The van der Waals surface area contributed by atoms with Crippen molar-refractivity contribution in [1.29, 1.82) is 0 Å². The summed E-state index contributed by atoms with van der Waals surface area (Å²) in [5, 5.41) is 14.0. The first-order valence-corrected chi connectivity index (χ1v) is 7.41. The third kappa shape index (κ3) is 2.60. The molecule has 0 amide bonds. The molecular weight excluding hydrogens is 281 g/mol. The zero-order chi connectivity index (χ0) is 15.7. The maximum atomic E-state index is 13.5. The second kappa shape index (κ2) is 5.71. The number of nitrogens with one attached hydrogen (secondary N) is 1. The Morgan fingerprint density at radius 2 is 2.09 bits per heavy atom. The van der Waals surface area contributed by atoms with Gasteiger partial charge < -0.3 is 15.2 Å². The smallest absolute Gasteiger partial charge is 0.154 e. The Morgan fingerprint density at radius 3 is 2.86 bits per heavy atom. The molecule has 1 aliphatic rings. The summed E-state index contributed by atoms with van der Waals surface area (Å²) in [5.74, 6) is 0.125. The number of aliphatic hydroxyl groups is 1. The van der Waals surface area contributed by atoms with Crippen LogP contribution in [0.4, 0.5) is 4.39 Å². The van der Waals surface area contributed by atoms with Crippen LogP contribution in [-0.2, 0) is 6.42 Å². The van der Waals surface area contributed by atoms with Crippen LogP contribution < -0.4 is 10.1 Å². The number of fused-ring (bicyclic) bond motifs is 1. The van der Waals surface area contributed by atoms with Crippen molar-refractivity contribution in [2.45, 2.75) is 25.0 Å². The van der Waals surface area contributed by atoms with Gasteiger partial charge in [-0.1, -0.05) is 30.3 Å². The molecule has 0 bridgehead atoms. The van der Waals surface area contributed by atoms with Crippen LogP contribution in [0.25, 0.3) is 0 Å². The van der Waals surface area contributed by atoms with E-state index < -0.39 is 11.7 Å². The summed E-state index contributed by atoms with van der Waals surface area (Å²) >= 11 is 0. The number of likely N-dealkylation sites (N-methyl/N-ethyl adjacent to an activating group) is 1. The Kier molecular flexibility index (Phi) is 3.89. The molecule has 2 N–H and O–H groups in total. The minimum Gasteiger partial charge on any atom is -0.482 e. The Bertz CT molecular complexity index is 689. The molecule has 3 nitrogen and oxygen atoms in total. The molecule has 3 rings (SSSR count). The van der Waals surface area contributed by atoms with E-state index in [2.05, 4.69) is 5.32 Å². The summed E-state index contributed by atoms with van der Waals surface area (Å²) in [6, 6.07) is 12.3. The Labute approximate surface area is 129 Å². The van der Waals surface area contributed by atoms with Crippen molar-refractivity contribution >= 4 is 0 Å². The van der Waals surface area contributed by atoms with Gasteiger partial charge in [0.05, 0.1) is 0 Å². The lowest BCUT2D eigenvalue weighted by molar-refractivity contribution is -0.0487. The van der Waals surface area contributed by atoms with Crippen molar-refractivity contribution in [3.63, 3.8) is 0 Å². The van der Waals surface area contributed by atoms with E-state index in [1.807, 2.05) is 31.2 Å². The minimum absolute atomic E-state index is 0.343. The van der Waals surface area contributed by atoms with Gasteiger partial charge in [0.1, 0.15) is 17.2 Å². The standard InChI is InChI=1S/C18H20FNO2/c1-12-7-8-14(19)9-16(12)22-17-15-6-4-3-5-13(15)10-18(17,21)11-20-2/h3-9,17,20-21H,10-11H2,1-2H3/t17-,18+/m0/s1. The Morgan fingerprint density at radius 1 is 1.32 bits per heavy atom. The fourth-order valence-corrected chi connectivity index (χ4v) is 3.13. The molecule has 0 unspecified atom stereocenters. The van der Waals surface area contributed by atoms with Crippen molar-refractivity contribution in [3.8, 4) is 5.75 Å². The zero-order valence-electron chi connectivity index (χ0n) is 12.8. The third-order valence-electron chi connectivity index (χ3n) is 4.20. The summed E-state index contributed by atoms with van der Waals surface area (Å²) in [6.07, 6.45) is -0.0000827. The summed E-state index contributed by atoms with van der Waals surface area (Å²) in [5.41, 5.74) is 1.83. The van der Waals surface area contributed by atoms with Crippen LogP contribution in [0.5, 0.6) is 5.75 Å². The van der Waals surface area contributed by atoms with Gasteiger partial charge in [-0.2, -0.15) is 0 Å². The molecule has 0 saturated heterocycles. The molecule has 2 aromatic rings. The van der Waals surface area contributed by atoms with E-state index in [1.165, 1.54) is 12.1 Å². The summed E-state index contributed by atoms with van der Waals surface area (Å²) < 4.78 is 19.6. The second-order valence-corrected chi connectivity index (χ2v) is 5.92. The number of aryl methyl sites for hydroxylation is 1. The monoisotopic (exact) mass is 301 g/mol. The van der Waals surface area contributed by atoms with Crippen LogP contribution in [0, 0.1) is 12.7 Å². The highest BCUT2D eigenvalue weighted by Crippen LogP contribution is 2.42. The highest BCUT2D eigenvalue weighted by Gasteiger charge is 2.46. The molecule has 0 aromatic heterocycles. The van der Waals surface area contributed by atoms with E-state index in [-0.39, 0.29) is 5.82 Å². The third-order valence-corrected chi connectivity index (χ3v) is 4.20. The predicted octanol–water partition coefficient (Wildman–Crippen LogP) is 2.76. The van der Waals surface area contributed by atoms with Gasteiger partial charge in [-0.25, -0.2) is 4.39 Å². The molecule has 0 saturated carbocycles. The molecule has 22 heavy (non-hydrogen) atoms. The van der Waals surface area contributed by atoms with Gasteiger partial charge in [-0.05, 0) is 36.7 Å². The molecule has 1 aliphatic carbocycles. The van der Waals surface area contributed by atoms with Crippen LogP contribution in [0.1, 0.15) is 22.8 Å². The van der Waals surface area contributed by atoms with E-state index in [4.69, 9.17) is 4.74 Å². The molecule has 2 atom stereocenters. The molecule has 4 heteroatoms. The quantitative estimate of drug-likeness (QED) is 0.912. The predicted molar refractivity (Wildman–Crippen MR) is 83.5 cm³/mol. The maximum Gasteiger partial charge on any atom is 0.154 e.